The summed E-state index contributed by atoms with van der Waals surface area (Å²) in [6.07, 6.45) is 3.36. The molecule has 0 unspecified atom stereocenters. The summed E-state index contributed by atoms with van der Waals surface area (Å²) >= 11 is 0. The van der Waals surface area contributed by atoms with Crippen molar-refractivity contribution in [3.63, 3.8) is 0 Å². The number of furan rings is 1. The second-order valence-corrected chi connectivity index (χ2v) is 6.06. The van der Waals surface area contributed by atoms with Crippen LogP contribution in [0.2, 0.25) is 0 Å². The van der Waals surface area contributed by atoms with E-state index in [1.807, 2.05) is 25.3 Å². The molecule has 1 fully saturated rings. The molecule has 0 atom stereocenters. The fourth-order valence-corrected chi connectivity index (χ4v) is 2.87. The van der Waals surface area contributed by atoms with Gasteiger partial charge in [-0.2, -0.15) is 0 Å². The first-order chi connectivity index (χ1) is 11.7. The molecule has 0 aliphatic carbocycles. The summed E-state index contributed by atoms with van der Waals surface area (Å²) in [5.74, 6) is 1.17. The van der Waals surface area contributed by atoms with Gasteiger partial charge < -0.3 is 19.5 Å². The number of likely N-dealkylation sites (N-methyl/N-ethyl adjacent to an activating group) is 1. The van der Waals surface area contributed by atoms with Gasteiger partial charge in [0.2, 0.25) is 0 Å². The minimum Gasteiger partial charge on any atom is -0.459 e. The zero-order valence-electron chi connectivity index (χ0n) is 14.3. The van der Waals surface area contributed by atoms with Crippen LogP contribution in [0.1, 0.15) is 28.6 Å². The number of amides is 1. The maximum absolute atomic E-state index is 12.0. The normalized spacial score (nSPS) is 15.5. The third-order valence-electron chi connectivity index (χ3n) is 4.47. The lowest BCUT2D eigenvalue weighted by atomic mass is 10.2. The van der Waals surface area contributed by atoms with Gasteiger partial charge in [-0.15, -0.1) is 0 Å². The number of carbonyl (C=O) groups is 1. The SMILES string of the molecule is CCN1CCN(c2ccc(CNC(=O)c3occc3C)cn2)CC1. The van der Waals surface area contributed by atoms with E-state index in [9.17, 15) is 4.79 Å². The number of rotatable bonds is 5. The number of hydrogen-bond acceptors (Lipinski definition) is 5. The first-order valence-corrected chi connectivity index (χ1v) is 8.42. The Bertz CT molecular complexity index is 673. The van der Waals surface area contributed by atoms with E-state index in [-0.39, 0.29) is 5.91 Å². The van der Waals surface area contributed by atoms with Gasteiger partial charge in [0.1, 0.15) is 5.82 Å². The van der Waals surface area contributed by atoms with Gasteiger partial charge in [0, 0.05) is 44.5 Å². The van der Waals surface area contributed by atoms with Crippen LogP contribution in [0.3, 0.4) is 0 Å². The Labute approximate surface area is 142 Å². The van der Waals surface area contributed by atoms with Gasteiger partial charge >= 0.3 is 0 Å². The molecule has 1 N–H and O–H groups in total. The van der Waals surface area contributed by atoms with E-state index in [1.165, 1.54) is 6.26 Å². The average Bonchev–Trinajstić information content (AvgIpc) is 3.06. The van der Waals surface area contributed by atoms with Crippen molar-refractivity contribution >= 4 is 11.7 Å². The Balaban J connectivity index is 1.53. The number of piperazine rings is 1. The molecule has 128 valence electrons. The number of aromatic nitrogens is 1. The van der Waals surface area contributed by atoms with E-state index in [0.717, 1.165) is 49.7 Å². The molecule has 0 saturated carbocycles. The fourth-order valence-electron chi connectivity index (χ4n) is 2.87. The molecule has 2 aromatic heterocycles. The van der Waals surface area contributed by atoms with Crippen molar-refractivity contribution in [3.8, 4) is 0 Å². The molecule has 6 heteroatoms. The highest BCUT2D eigenvalue weighted by Gasteiger charge is 2.16. The Kier molecular flexibility index (Phi) is 5.15. The Morgan fingerprint density at radius 2 is 2.04 bits per heavy atom. The number of aryl methyl sites for hydroxylation is 1. The summed E-state index contributed by atoms with van der Waals surface area (Å²) in [5, 5.41) is 2.86. The number of anilines is 1. The van der Waals surface area contributed by atoms with E-state index in [2.05, 4.69) is 27.0 Å². The van der Waals surface area contributed by atoms with E-state index in [1.54, 1.807) is 6.07 Å². The molecule has 1 aliphatic heterocycles. The summed E-state index contributed by atoms with van der Waals surface area (Å²) in [5.41, 5.74) is 1.82. The van der Waals surface area contributed by atoms with Crippen molar-refractivity contribution < 1.29 is 9.21 Å². The molecule has 1 saturated heterocycles. The minimum absolute atomic E-state index is 0.197. The third-order valence-corrected chi connectivity index (χ3v) is 4.47. The van der Waals surface area contributed by atoms with Crippen molar-refractivity contribution in [1.82, 2.24) is 15.2 Å². The molecule has 1 amide bonds. The summed E-state index contributed by atoms with van der Waals surface area (Å²) in [6.45, 7) is 9.78. The first-order valence-electron chi connectivity index (χ1n) is 8.42. The second kappa shape index (κ2) is 7.49. The summed E-state index contributed by atoms with van der Waals surface area (Å²) in [7, 11) is 0. The maximum Gasteiger partial charge on any atom is 0.287 e. The topological polar surface area (TPSA) is 61.6 Å². The predicted octanol–water partition coefficient (Wildman–Crippen LogP) is 2.05. The molecule has 0 radical (unpaired) electrons. The minimum atomic E-state index is -0.197. The van der Waals surface area contributed by atoms with Crippen molar-refractivity contribution in [2.75, 3.05) is 37.6 Å². The van der Waals surface area contributed by atoms with Crippen molar-refractivity contribution in [3.05, 3.63) is 47.5 Å². The van der Waals surface area contributed by atoms with Gasteiger partial charge in [-0.1, -0.05) is 13.0 Å². The lowest BCUT2D eigenvalue weighted by Crippen LogP contribution is -2.46. The number of nitrogens with one attached hydrogen (secondary N) is 1. The van der Waals surface area contributed by atoms with Crippen LogP contribution in [-0.2, 0) is 6.54 Å². The quantitative estimate of drug-likeness (QED) is 0.910. The fraction of sp³-hybridized carbons (Fsp3) is 0.444. The van der Waals surface area contributed by atoms with Gasteiger partial charge in [-0.25, -0.2) is 4.98 Å². The summed E-state index contributed by atoms with van der Waals surface area (Å²) in [6, 6.07) is 5.83. The number of pyridine rings is 1. The standard InChI is InChI=1S/C18H24N4O2/c1-3-21-7-9-22(10-8-21)16-5-4-15(12-19-16)13-20-18(23)17-14(2)6-11-24-17/h4-6,11-12H,3,7-10,13H2,1-2H3,(H,20,23). The van der Waals surface area contributed by atoms with Crippen molar-refractivity contribution in [2.24, 2.45) is 0 Å². The van der Waals surface area contributed by atoms with Gasteiger partial charge in [0.25, 0.3) is 5.91 Å². The van der Waals surface area contributed by atoms with Crippen LogP contribution in [0.15, 0.2) is 35.1 Å². The molecule has 0 spiro atoms. The molecule has 24 heavy (non-hydrogen) atoms. The number of hydrogen-bond donors (Lipinski definition) is 1. The molecule has 0 bridgehead atoms. The van der Waals surface area contributed by atoms with Gasteiger partial charge in [-0.05, 0) is 31.2 Å². The largest absolute Gasteiger partial charge is 0.459 e. The smallest absolute Gasteiger partial charge is 0.287 e. The van der Waals surface area contributed by atoms with Crippen LogP contribution in [-0.4, -0.2) is 48.5 Å². The zero-order chi connectivity index (χ0) is 16.9. The molecule has 6 nitrogen and oxygen atoms in total. The Hall–Kier alpha value is -2.34. The van der Waals surface area contributed by atoms with Crippen LogP contribution < -0.4 is 10.2 Å². The molecule has 3 heterocycles. The second-order valence-electron chi connectivity index (χ2n) is 6.06. The Morgan fingerprint density at radius 1 is 1.25 bits per heavy atom. The molecule has 2 aromatic rings. The zero-order valence-corrected chi connectivity index (χ0v) is 14.3. The highest BCUT2D eigenvalue weighted by molar-refractivity contribution is 5.92. The van der Waals surface area contributed by atoms with Crippen LogP contribution in [0, 0.1) is 6.92 Å². The van der Waals surface area contributed by atoms with E-state index in [4.69, 9.17) is 4.42 Å². The molecular formula is C18H24N4O2. The lowest BCUT2D eigenvalue weighted by Gasteiger charge is -2.34. The van der Waals surface area contributed by atoms with Crippen molar-refractivity contribution in [2.45, 2.75) is 20.4 Å². The van der Waals surface area contributed by atoms with Gasteiger partial charge in [0.15, 0.2) is 5.76 Å². The van der Waals surface area contributed by atoms with Gasteiger partial charge in [0.05, 0.1) is 6.26 Å². The average molecular weight is 328 g/mol. The molecule has 0 aromatic carbocycles. The molecular weight excluding hydrogens is 304 g/mol. The summed E-state index contributed by atoms with van der Waals surface area (Å²) < 4.78 is 5.19. The van der Waals surface area contributed by atoms with Crippen LogP contribution in [0.5, 0.6) is 0 Å². The van der Waals surface area contributed by atoms with Crippen LogP contribution in [0.25, 0.3) is 0 Å². The maximum atomic E-state index is 12.0. The van der Waals surface area contributed by atoms with E-state index in [0.29, 0.717) is 12.3 Å². The monoisotopic (exact) mass is 328 g/mol. The third kappa shape index (κ3) is 3.76. The Morgan fingerprint density at radius 3 is 2.62 bits per heavy atom. The predicted molar refractivity (Wildman–Crippen MR) is 93.2 cm³/mol. The highest BCUT2D eigenvalue weighted by Crippen LogP contribution is 2.14. The van der Waals surface area contributed by atoms with E-state index >= 15 is 0 Å². The molecule has 3 rings (SSSR count). The molecule has 1 aliphatic rings. The van der Waals surface area contributed by atoms with Crippen LogP contribution in [0.4, 0.5) is 5.82 Å². The lowest BCUT2D eigenvalue weighted by molar-refractivity contribution is 0.0922. The van der Waals surface area contributed by atoms with Crippen molar-refractivity contribution in [1.29, 1.82) is 0 Å². The van der Waals surface area contributed by atoms with Crippen LogP contribution >= 0.6 is 0 Å². The number of nitrogens with zero attached hydrogens (tertiary/aromatic N) is 3. The number of carbonyl (C=O) groups excluding carboxylic acids is 1. The van der Waals surface area contributed by atoms with Gasteiger partial charge in [-0.3, -0.25) is 4.79 Å². The summed E-state index contributed by atoms with van der Waals surface area (Å²) in [4.78, 5) is 21.3. The van der Waals surface area contributed by atoms with E-state index < -0.39 is 0 Å². The first kappa shape index (κ1) is 16.5. The highest BCUT2D eigenvalue weighted by atomic mass is 16.3.